The molecular formula is C12H19N3O3. The summed E-state index contributed by atoms with van der Waals surface area (Å²) in [4.78, 5) is 19.2. The largest absolute Gasteiger partial charge is 0.476 e. The molecular weight excluding hydrogens is 234 g/mol. The van der Waals surface area contributed by atoms with Crippen LogP contribution < -0.4 is 5.32 Å². The van der Waals surface area contributed by atoms with Crippen LogP contribution in [0.25, 0.3) is 0 Å². The van der Waals surface area contributed by atoms with E-state index in [2.05, 4.69) is 15.3 Å². The fourth-order valence-corrected chi connectivity index (χ4v) is 1.34. The molecule has 0 saturated carbocycles. The lowest BCUT2D eigenvalue weighted by molar-refractivity contribution is 0.0690. The monoisotopic (exact) mass is 253 g/mol. The zero-order chi connectivity index (χ0) is 13.7. The molecule has 0 fully saturated rings. The molecule has 1 rings (SSSR count). The number of aliphatic hydroxyl groups is 1. The molecule has 100 valence electrons. The highest BCUT2D eigenvalue weighted by Crippen LogP contribution is 2.16. The van der Waals surface area contributed by atoms with Crippen molar-refractivity contribution in [2.45, 2.75) is 39.2 Å². The van der Waals surface area contributed by atoms with Crippen LogP contribution in [0.4, 0.5) is 5.69 Å². The van der Waals surface area contributed by atoms with Gasteiger partial charge in [0.1, 0.15) is 5.82 Å². The second-order valence-electron chi connectivity index (χ2n) is 4.39. The molecule has 0 saturated heterocycles. The molecule has 3 N–H and O–H groups in total. The zero-order valence-electron chi connectivity index (χ0n) is 10.8. The van der Waals surface area contributed by atoms with Gasteiger partial charge in [-0.2, -0.15) is 0 Å². The maximum Gasteiger partial charge on any atom is 0.356 e. The number of carboxylic acid groups (broad SMARTS) is 1. The van der Waals surface area contributed by atoms with Crippen LogP contribution in [0.15, 0.2) is 6.20 Å². The Balaban J connectivity index is 2.93. The predicted octanol–water partition coefficient (Wildman–Crippen LogP) is 1.48. The van der Waals surface area contributed by atoms with Crippen LogP contribution in [0.3, 0.4) is 0 Å². The lowest BCUT2D eigenvalue weighted by Crippen LogP contribution is -2.20. The highest BCUT2D eigenvalue weighted by atomic mass is 16.4. The minimum absolute atomic E-state index is 0.0583. The summed E-state index contributed by atoms with van der Waals surface area (Å²) in [7, 11) is 0. The summed E-state index contributed by atoms with van der Waals surface area (Å²) in [6.07, 6.45) is 1.53. The van der Waals surface area contributed by atoms with E-state index in [0.29, 0.717) is 17.9 Å². The highest BCUT2D eigenvalue weighted by molar-refractivity contribution is 5.91. The number of hydrogen-bond acceptors (Lipinski definition) is 5. The highest BCUT2D eigenvalue weighted by Gasteiger charge is 2.16. The van der Waals surface area contributed by atoms with Crippen LogP contribution in [-0.2, 0) is 0 Å². The van der Waals surface area contributed by atoms with Gasteiger partial charge in [-0.1, -0.05) is 20.8 Å². The number of carbonyl (C=O) groups is 1. The summed E-state index contributed by atoms with van der Waals surface area (Å²) in [5.74, 6) is -0.542. The van der Waals surface area contributed by atoms with E-state index in [-0.39, 0.29) is 18.2 Å². The van der Waals surface area contributed by atoms with Crippen molar-refractivity contribution >= 4 is 11.7 Å². The summed E-state index contributed by atoms with van der Waals surface area (Å²) < 4.78 is 0. The third kappa shape index (κ3) is 3.66. The molecule has 18 heavy (non-hydrogen) atoms. The van der Waals surface area contributed by atoms with Gasteiger partial charge in [0, 0.05) is 12.5 Å². The summed E-state index contributed by atoms with van der Waals surface area (Å²) in [6, 6.07) is 0. The number of rotatable bonds is 6. The summed E-state index contributed by atoms with van der Waals surface area (Å²) in [5.41, 5.74) is 0.274. The maximum absolute atomic E-state index is 11.1. The third-order valence-electron chi connectivity index (χ3n) is 2.53. The van der Waals surface area contributed by atoms with E-state index in [1.165, 1.54) is 6.20 Å². The number of anilines is 1. The Morgan fingerprint density at radius 2 is 2.17 bits per heavy atom. The molecule has 6 heteroatoms. The maximum atomic E-state index is 11.1. The molecule has 0 amide bonds. The molecule has 6 nitrogen and oxygen atoms in total. The first kappa shape index (κ1) is 14.4. The first-order chi connectivity index (χ1) is 8.45. The summed E-state index contributed by atoms with van der Waals surface area (Å²) in [5, 5.41) is 21.4. The lowest BCUT2D eigenvalue weighted by Gasteiger charge is -2.13. The van der Waals surface area contributed by atoms with Gasteiger partial charge in [0.25, 0.3) is 0 Å². The topological polar surface area (TPSA) is 95.3 Å². The Hall–Kier alpha value is -1.69. The van der Waals surface area contributed by atoms with E-state index < -0.39 is 12.1 Å². The SMILES string of the molecule is CCC(O)CNc1cnc(C(C)C)nc1C(=O)O. The first-order valence-corrected chi connectivity index (χ1v) is 5.97. The zero-order valence-corrected chi connectivity index (χ0v) is 10.8. The van der Waals surface area contributed by atoms with Crippen LogP contribution in [0.2, 0.25) is 0 Å². The van der Waals surface area contributed by atoms with Gasteiger partial charge < -0.3 is 15.5 Å². The van der Waals surface area contributed by atoms with Crippen LogP contribution in [0, 0.1) is 0 Å². The van der Waals surface area contributed by atoms with Crippen molar-refractivity contribution in [2.24, 2.45) is 0 Å². The predicted molar refractivity (Wildman–Crippen MR) is 67.9 cm³/mol. The number of nitrogens with zero attached hydrogens (tertiary/aromatic N) is 2. The molecule has 0 aliphatic heterocycles. The number of aromatic carboxylic acids is 1. The number of aliphatic hydroxyl groups excluding tert-OH is 1. The van der Waals surface area contributed by atoms with Gasteiger partial charge in [0.05, 0.1) is 18.0 Å². The van der Waals surface area contributed by atoms with Gasteiger partial charge in [-0.05, 0) is 6.42 Å². The number of aromatic nitrogens is 2. The summed E-state index contributed by atoms with van der Waals surface area (Å²) >= 11 is 0. The van der Waals surface area contributed by atoms with E-state index in [9.17, 15) is 9.90 Å². The van der Waals surface area contributed by atoms with E-state index in [1.54, 1.807) is 0 Å². The molecule has 1 heterocycles. The van der Waals surface area contributed by atoms with E-state index in [0.717, 1.165) is 0 Å². The molecule has 0 aliphatic carbocycles. The molecule has 0 bridgehead atoms. The number of nitrogens with one attached hydrogen (secondary N) is 1. The Morgan fingerprint density at radius 1 is 1.50 bits per heavy atom. The minimum Gasteiger partial charge on any atom is -0.476 e. The molecule has 0 aliphatic rings. The molecule has 0 radical (unpaired) electrons. The van der Waals surface area contributed by atoms with Crippen molar-refractivity contribution < 1.29 is 15.0 Å². The van der Waals surface area contributed by atoms with E-state index >= 15 is 0 Å². The van der Waals surface area contributed by atoms with Crippen molar-refractivity contribution in [1.82, 2.24) is 9.97 Å². The van der Waals surface area contributed by atoms with Gasteiger partial charge in [0.15, 0.2) is 5.69 Å². The smallest absolute Gasteiger partial charge is 0.356 e. The Kier molecular flexibility index (Phi) is 5.03. The van der Waals surface area contributed by atoms with E-state index in [1.807, 2.05) is 20.8 Å². The first-order valence-electron chi connectivity index (χ1n) is 5.97. The second kappa shape index (κ2) is 6.30. The van der Waals surface area contributed by atoms with Gasteiger partial charge in [-0.3, -0.25) is 0 Å². The molecule has 1 aromatic heterocycles. The number of hydrogen-bond donors (Lipinski definition) is 3. The summed E-state index contributed by atoms with van der Waals surface area (Å²) in [6.45, 7) is 5.92. The molecule has 0 aromatic carbocycles. The molecule has 1 aromatic rings. The van der Waals surface area contributed by atoms with Crippen molar-refractivity contribution in [3.05, 3.63) is 17.7 Å². The molecule has 0 spiro atoms. The fourth-order valence-electron chi connectivity index (χ4n) is 1.34. The Labute approximate surface area is 106 Å². The minimum atomic E-state index is -1.10. The van der Waals surface area contributed by atoms with Gasteiger partial charge >= 0.3 is 5.97 Å². The van der Waals surface area contributed by atoms with Crippen molar-refractivity contribution in [3.63, 3.8) is 0 Å². The third-order valence-corrected chi connectivity index (χ3v) is 2.53. The van der Waals surface area contributed by atoms with Crippen LogP contribution in [0.1, 0.15) is 49.4 Å². The van der Waals surface area contributed by atoms with E-state index in [4.69, 9.17) is 5.11 Å². The fraction of sp³-hybridized carbons (Fsp3) is 0.583. The molecule has 1 unspecified atom stereocenters. The van der Waals surface area contributed by atoms with Gasteiger partial charge in [-0.15, -0.1) is 0 Å². The van der Waals surface area contributed by atoms with Crippen LogP contribution >= 0.6 is 0 Å². The molecule has 1 atom stereocenters. The van der Waals surface area contributed by atoms with Gasteiger partial charge in [-0.25, -0.2) is 14.8 Å². The number of carboxylic acids is 1. The van der Waals surface area contributed by atoms with Crippen molar-refractivity contribution in [1.29, 1.82) is 0 Å². The van der Waals surface area contributed by atoms with Crippen LogP contribution in [-0.4, -0.2) is 38.8 Å². The standard InChI is InChI=1S/C12H19N3O3/c1-4-8(16)5-13-9-6-14-11(7(2)3)15-10(9)12(17)18/h6-8,13,16H,4-5H2,1-3H3,(H,17,18). The quantitative estimate of drug-likeness (QED) is 0.710. The Morgan fingerprint density at radius 3 is 2.67 bits per heavy atom. The second-order valence-corrected chi connectivity index (χ2v) is 4.39. The Bertz CT molecular complexity index is 421. The average molecular weight is 253 g/mol. The lowest BCUT2D eigenvalue weighted by atomic mass is 10.2. The average Bonchev–Trinajstić information content (AvgIpc) is 2.35. The van der Waals surface area contributed by atoms with Crippen molar-refractivity contribution in [2.75, 3.05) is 11.9 Å². The normalized spacial score (nSPS) is 12.5. The van der Waals surface area contributed by atoms with Gasteiger partial charge in [0.2, 0.25) is 0 Å². The van der Waals surface area contributed by atoms with Crippen molar-refractivity contribution in [3.8, 4) is 0 Å². The van der Waals surface area contributed by atoms with Crippen LogP contribution in [0.5, 0.6) is 0 Å².